The number of rotatable bonds is 6. The molecule has 2 aliphatic heterocycles. The fourth-order valence-corrected chi connectivity index (χ4v) is 8.28. The van der Waals surface area contributed by atoms with Crippen molar-refractivity contribution >= 4 is 36.0 Å². The smallest absolute Gasteiger partial charge is 0.332 e. The van der Waals surface area contributed by atoms with E-state index in [2.05, 4.69) is 11.6 Å². The molecule has 12 heteroatoms. The van der Waals surface area contributed by atoms with Crippen LogP contribution in [0.4, 0.5) is 0 Å². The van der Waals surface area contributed by atoms with Crippen LogP contribution in [0, 0.1) is 17.3 Å². The third-order valence-electron chi connectivity index (χ3n) is 9.84. The number of hydrogen-bond acceptors (Lipinski definition) is 8. The number of aromatic nitrogens is 1. The number of carbonyl (C=O) groups is 3. The van der Waals surface area contributed by atoms with Crippen molar-refractivity contribution in [3.05, 3.63) is 42.6 Å². The topological polar surface area (TPSA) is 153 Å². The molecule has 0 radical (unpaired) electrons. The van der Waals surface area contributed by atoms with Crippen LogP contribution in [0.2, 0.25) is 0 Å². The van der Waals surface area contributed by atoms with E-state index in [-0.39, 0.29) is 32.4 Å². The first kappa shape index (κ1) is 34.1. The van der Waals surface area contributed by atoms with E-state index in [9.17, 15) is 28.7 Å². The summed E-state index contributed by atoms with van der Waals surface area (Å²) in [5.74, 6) is -1.51. The Kier molecular flexibility index (Phi) is 9.69. The third-order valence-corrected chi connectivity index (χ3v) is 11.7. The van der Waals surface area contributed by atoms with Gasteiger partial charge in [0.2, 0.25) is 11.8 Å². The quantitative estimate of drug-likeness (QED) is 0.247. The zero-order chi connectivity index (χ0) is 33.4. The van der Waals surface area contributed by atoms with Gasteiger partial charge in [0.1, 0.15) is 11.9 Å². The minimum atomic E-state index is -4.66. The molecule has 5 atom stereocenters. The Morgan fingerprint density at radius 2 is 2.00 bits per heavy atom. The molecule has 1 saturated carbocycles. The average molecular weight is 657 g/mol. The number of allylic oxidation sites excluding steroid dienone is 1. The first-order chi connectivity index (χ1) is 21.7. The van der Waals surface area contributed by atoms with Gasteiger partial charge in [-0.05, 0) is 72.6 Å². The van der Waals surface area contributed by atoms with Gasteiger partial charge >= 0.3 is 13.6 Å². The molecule has 1 saturated heterocycles. The molecule has 3 aliphatic rings. The summed E-state index contributed by atoms with van der Waals surface area (Å²) in [6.45, 7) is 9.57. The molecule has 2 unspecified atom stereocenters. The van der Waals surface area contributed by atoms with E-state index in [0.29, 0.717) is 12.3 Å². The van der Waals surface area contributed by atoms with Gasteiger partial charge in [-0.3, -0.25) is 18.9 Å². The maximum atomic E-state index is 14.3. The van der Waals surface area contributed by atoms with E-state index in [1.54, 1.807) is 13.3 Å². The molecule has 2 aromatic rings. The van der Waals surface area contributed by atoms with Crippen molar-refractivity contribution in [1.82, 2.24) is 9.88 Å². The predicted molar refractivity (Wildman–Crippen MR) is 172 cm³/mol. The summed E-state index contributed by atoms with van der Waals surface area (Å²) in [4.78, 5) is 67.7. The number of Topliss-reactive ketones (excluding diaryl/α,β-unsaturated/α-hetero) is 1. The summed E-state index contributed by atoms with van der Waals surface area (Å²) in [6, 6.07) is 4.81. The number of pyridine rings is 1. The standard InChI is InChI=1S/C34H45N2O9P/c1-6-23-18-34(23,46(40,41)42)19-28(37)27-16-24-20-36(27)32(39)26(33(2,3)4)17-30(38)44-13-9-7-8-10-22-14-25-21(15-29(22)43-5)11-12-35-31(25)45-24/h6,11-12,14-15,23-24,26-27H,1,7-10,13,16-20H2,2-5H3,(H2,40,41,42)/t23?,24-,26-,27+,34?/m1/s1. The first-order valence-corrected chi connectivity index (χ1v) is 17.6. The van der Waals surface area contributed by atoms with Crippen LogP contribution < -0.4 is 9.47 Å². The highest BCUT2D eigenvalue weighted by molar-refractivity contribution is 7.54. The van der Waals surface area contributed by atoms with E-state index in [1.807, 2.05) is 39.0 Å². The molecule has 1 aliphatic carbocycles. The van der Waals surface area contributed by atoms with Crippen LogP contribution in [0.15, 0.2) is 37.1 Å². The zero-order valence-corrected chi connectivity index (χ0v) is 28.0. The third kappa shape index (κ3) is 6.87. The van der Waals surface area contributed by atoms with Gasteiger partial charge in [0, 0.05) is 24.4 Å². The predicted octanol–water partition coefficient (Wildman–Crippen LogP) is 5.00. The zero-order valence-electron chi connectivity index (χ0n) is 27.1. The molecule has 11 nitrogen and oxygen atoms in total. The number of ketones is 1. The summed E-state index contributed by atoms with van der Waals surface area (Å²) in [6.07, 6.45) is 5.28. The highest BCUT2D eigenvalue weighted by Gasteiger charge is 2.65. The molecular weight excluding hydrogens is 611 g/mol. The fourth-order valence-electron chi connectivity index (χ4n) is 6.94. The maximum Gasteiger partial charge on any atom is 0.332 e. The second-order valence-electron chi connectivity index (χ2n) is 14.0. The molecule has 5 rings (SSSR count). The largest absolute Gasteiger partial charge is 0.496 e. The van der Waals surface area contributed by atoms with E-state index in [0.717, 1.165) is 41.3 Å². The number of benzene rings is 1. The minimum Gasteiger partial charge on any atom is -0.496 e. The van der Waals surface area contributed by atoms with Gasteiger partial charge in [-0.15, -0.1) is 6.58 Å². The summed E-state index contributed by atoms with van der Waals surface area (Å²) >= 11 is 0. The van der Waals surface area contributed by atoms with Crippen molar-refractivity contribution in [2.75, 3.05) is 20.3 Å². The molecule has 0 spiro atoms. The van der Waals surface area contributed by atoms with Crippen molar-refractivity contribution < 1.29 is 42.9 Å². The minimum absolute atomic E-state index is 0.0474. The number of hydrogen-bond donors (Lipinski definition) is 2. The number of aryl methyl sites for hydroxylation is 1. The first-order valence-electron chi connectivity index (χ1n) is 16.0. The molecule has 1 aromatic heterocycles. The molecule has 4 bridgehead atoms. The number of cyclic esters (lactones) is 1. The van der Waals surface area contributed by atoms with Crippen LogP contribution in [0.5, 0.6) is 11.6 Å². The maximum absolute atomic E-state index is 14.3. The lowest BCUT2D eigenvalue weighted by atomic mass is 9.77. The Balaban J connectivity index is 1.53. The molecule has 2 fully saturated rings. The number of ether oxygens (including phenoxy) is 3. The van der Waals surface area contributed by atoms with Crippen LogP contribution >= 0.6 is 7.60 Å². The van der Waals surface area contributed by atoms with E-state index in [4.69, 9.17) is 14.2 Å². The second kappa shape index (κ2) is 13.1. The number of methoxy groups -OCH3 is 1. The summed E-state index contributed by atoms with van der Waals surface area (Å²) in [5.41, 5.74) is 0.340. The van der Waals surface area contributed by atoms with Gasteiger partial charge in [-0.25, -0.2) is 4.98 Å². The van der Waals surface area contributed by atoms with Gasteiger partial charge in [0.25, 0.3) is 0 Å². The Morgan fingerprint density at radius 3 is 2.65 bits per heavy atom. The van der Waals surface area contributed by atoms with Gasteiger partial charge < -0.3 is 28.9 Å². The molecule has 250 valence electrons. The molecular formula is C34H45N2O9P. The number of fused-ring (bicyclic) bond motifs is 3. The Labute approximate surface area is 269 Å². The monoisotopic (exact) mass is 656 g/mol. The average Bonchev–Trinajstić information content (AvgIpc) is 3.56. The normalized spacial score (nSPS) is 27.8. The molecule has 2 N–H and O–H groups in total. The van der Waals surface area contributed by atoms with Crippen LogP contribution in [-0.2, 0) is 30.1 Å². The Morgan fingerprint density at radius 1 is 1.24 bits per heavy atom. The summed E-state index contributed by atoms with van der Waals surface area (Å²) < 4.78 is 30.2. The van der Waals surface area contributed by atoms with Gasteiger partial charge in [-0.2, -0.15) is 0 Å². The van der Waals surface area contributed by atoms with Crippen molar-refractivity contribution in [2.24, 2.45) is 17.3 Å². The summed E-state index contributed by atoms with van der Waals surface area (Å²) in [7, 11) is -3.03. The highest BCUT2D eigenvalue weighted by atomic mass is 31.2. The van der Waals surface area contributed by atoms with E-state index >= 15 is 0 Å². The number of esters is 1. The van der Waals surface area contributed by atoms with Crippen LogP contribution in [0.25, 0.3) is 10.8 Å². The lowest BCUT2D eigenvalue weighted by Crippen LogP contribution is -2.48. The van der Waals surface area contributed by atoms with E-state index < -0.39 is 66.2 Å². The molecule has 3 heterocycles. The van der Waals surface area contributed by atoms with Crippen LogP contribution in [0.1, 0.15) is 71.3 Å². The Hall–Kier alpha value is -3.27. The highest BCUT2D eigenvalue weighted by Crippen LogP contribution is 2.71. The lowest BCUT2D eigenvalue weighted by molar-refractivity contribution is -0.153. The van der Waals surface area contributed by atoms with E-state index in [1.165, 1.54) is 11.0 Å². The SMILES string of the molecule is C=CC1CC1(CC(=O)[C@@H]1C[C@@H]2CN1C(=O)[C@H](C(C)(C)C)CC(=O)OCCCCCc1cc3c(nccc3cc1OC)O2)P(=O)(O)O. The fraction of sp³-hybridized carbons (Fsp3) is 0.588. The van der Waals surface area contributed by atoms with Crippen LogP contribution in [0.3, 0.4) is 0 Å². The second-order valence-corrected chi connectivity index (χ2v) is 16.0. The van der Waals surface area contributed by atoms with Crippen LogP contribution in [-0.4, -0.2) is 74.9 Å². The molecule has 1 amide bonds. The summed E-state index contributed by atoms with van der Waals surface area (Å²) in [5, 5.41) is 0.123. The lowest BCUT2D eigenvalue weighted by Gasteiger charge is -2.35. The van der Waals surface area contributed by atoms with Gasteiger partial charge in [0.15, 0.2) is 5.78 Å². The molecule has 1 aromatic carbocycles. The number of amides is 1. The van der Waals surface area contributed by atoms with Gasteiger partial charge in [0.05, 0.1) is 43.8 Å². The van der Waals surface area contributed by atoms with Gasteiger partial charge in [-0.1, -0.05) is 26.8 Å². The number of nitrogens with zero attached hydrogens (tertiary/aromatic N) is 2. The Bertz CT molecular complexity index is 1560. The van der Waals surface area contributed by atoms with Crippen molar-refractivity contribution in [2.45, 2.75) is 89.4 Å². The van der Waals surface area contributed by atoms with Crippen molar-refractivity contribution in [3.63, 3.8) is 0 Å². The van der Waals surface area contributed by atoms with Crippen molar-refractivity contribution in [1.29, 1.82) is 0 Å². The van der Waals surface area contributed by atoms with Crippen molar-refractivity contribution in [3.8, 4) is 11.6 Å². The number of carbonyl (C=O) groups excluding carboxylic acids is 3. The molecule has 46 heavy (non-hydrogen) atoms.